The molecule has 3 amide bonds. The number of hydrogen-bond acceptors (Lipinski definition) is 4. The standard InChI is InChI=1S/C16H15N5O2S/c1-17-16(23)19-18-15(22)12-10-21(11-6-3-2-4-7-11)20-14(12)13-8-5-9-24-13/h2-10H,1H3,(H,18,22)(H2,17,19,23). The van der Waals surface area contributed by atoms with Gasteiger partial charge in [-0.1, -0.05) is 24.3 Å². The summed E-state index contributed by atoms with van der Waals surface area (Å²) >= 11 is 1.49. The molecule has 2 heterocycles. The van der Waals surface area contributed by atoms with Crippen LogP contribution in [0.4, 0.5) is 4.79 Å². The Bertz CT molecular complexity index is 843. The van der Waals surface area contributed by atoms with Crippen LogP contribution >= 0.6 is 11.3 Å². The van der Waals surface area contributed by atoms with Gasteiger partial charge >= 0.3 is 6.03 Å². The van der Waals surface area contributed by atoms with Crippen molar-refractivity contribution in [2.45, 2.75) is 0 Å². The molecular weight excluding hydrogens is 326 g/mol. The fourth-order valence-electron chi connectivity index (χ4n) is 2.09. The topological polar surface area (TPSA) is 88.0 Å². The van der Waals surface area contributed by atoms with Crippen molar-refractivity contribution in [3.63, 3.8) is 0 Å². The molecule has 1 aromatic carbocycles. The van der Waals surface area contributed by atoms with Gasteiger partial charge < -0.3 is 5.32 Å². The third-order valence-electron chi connectivity index (χ3n) is 3.25. The van der Waals surface area contributed by atoms with E-state index in [-0.39, 0.29) is 0 Å². The fraction of sp³-hybridized carbons (Fsp3) is 0.0625. The van der Waals surface area contributed by atoms with Crippen LogP contribution in [0, 0.1) is 0 Å². The first kappa shape index (κ1) is 15.8. The van der Waals surface area contributed by atoms with Crippen molar-refractivity contribution in [1.29, 1.82) is 0 Å². The molecule has 0 radical (unpaired) electrons. The number of thiophene rings is 1. The molecule has 24 heavy (non-hydrogen) atoms. The third kappa shape index (κ3) is 3.28. The van der Waals surface area contributed by atoms with Crippen molar-refractivity contribution in [2.75, 3.05) is 7.05 Å². The van der Waals surface area contributed by atoms with E-state index < -0.39 is 11.9 Å². The van der Waals surface area contributed by atoms with Gasteiger partial charge in [-0.15, -0.1) is 11.3 Å². The number of carbonyl (C=O) groups is 2. The number of urea groups is 1. The fourth-order valence-corrected chi connectivity index (χ4v) is 2.82. The summed E-state index contributed by atoms with van der Waals surface area (Å²) in [5, 5.41) is 8.81. The summed E-state index contributed by atoms with van der Waals surface area (Å²) in [6.45, 7) is 0. The van der Waals surface area contributed by atoms with Crippen molar-refractivity contribution in [2.24, 2.45) is 0 Å². The van der Waals surface area contributed by atoms with Crippen LogP contribution in [0.2, 0.25) is 0 Å². The molecule has 0 atom stereocenters. The molecule has 0 aliphatic rings. The molecule has 3 aromatic rings. The molecule has 3 N–H and O–H groups in total. The highest BCUT2D eigenvalue weighted by Crippen LogP contribution is 2.27. The molecule has 7 nitrogen and oxygen atoms in total. The molecular formula is C16H15N5O2S. The molecule has 0 aliphatic heterocycles. The van der Waals surface area contributed by atoms with Gasteiger partial charge in [0.2, 0.25) is 0 Å². The number of benzene rings is 1. The Morgan fingerprint density at radius 2 is 1.88 bits per heavy atom. The van der Waals surface area contributed by atoms with Crippen LogP contribution in [-0.4, -0.2) is 28.8 Å². The average Bonchev–Trinajstić information content (AvgIpc) is 3.29. The minimum atomic E-state index is -0.503. The number of hydrogen-bond donors (Lipinski definition) is 3. The normalized spacial score (nSPS) is 10.2. The summed E-state index contributed by atoms with van der Waals surface area (Å²) < 4.78 is 1.64. The molecule has 0 saturated carbocycles. The second-order valence-electron chi connectivity index (χ2n) is 4.81. The van der Waals surface area contributed by atoms with E-state index in [0.717, 1.165) is 10.6 Å². The number of amides is 3. The zero-order valence-electron chi connectivity index (χ0n) is 12.8. The number of nitrogens with one attached hydrogen (secondary N) is 3. The van der Waals surface area contributed by atoms with Gasteiger partial charge in [-0.05, 0) is 23.6 Å². The monoisotopic (exact) mass is 341 g/mol. The minimum absolute atomic E-state index is 0.373. The maximum absolute atomic E-state index is 12.4. The van der Waals surface area contributed by atoms with Crippen molar-refractivity contribution in [3.8, 4) is 16.3 Å². The van der Waals surface area contributed by atoms with E-state index in [0.29, 0.717) is 11.3 Å². The lowest BCUT2D eigenvalue weighted by Crippen LogP contribution is -2.45. The highest BCUT2D eigenvalue weighted by Gasteiger charge is 2.19. The van der Waals surface area contributed by atoms with Gasteiger partial charge in [-0.2, -0.15) is 5.10 Å². The quantitative estimate of drug-likeness (QED) is 0.638. The van der Waals surface area contributed by atoms with Crippen molar-refractivity contribution in [3.05, 3.63) is 59.6 Å². The van der Waals surface area contributed by atoms with E-state index in [4.69, 9.17) is 0 Å². The van der Waals surface area contributed by atoms with Crippen LogP contribution in [0.25, 0.3) is 16.3 Å². The van der Waals surface area contributed by atoms with Gasteiger partial charge in [0.1, 0.15) is 5.69 Å². The lowest BCUT2D eigenvalue weighted by molar-refractivity contribution is 0.0937. The Morgan fingerprint density at radius 3 is 2.54 bits per heavy atom. The average molecular weight is 341 g/mol. The summed E-state index contributed by atoms with van der Waals surface area (Å²) in [6, 6.07) is 12.8. The predicted molar refractivity (Wildman–Crippen MR) is 91.9 cm³/mol. The lowest BCUT2D eigenvalue weighted by Gasteiger charge is -2.05. The second-order valence-corrected chi connectivity index (χ2v) is 5.75. The third-order valence-corrected chi connectivity index (χ3v) is 4.13. The first-order valence-electron chi connectivity index (χ1n) is 7.16. The summed E-state index contributed by atoms with van der Waals surface area (Å²) in [5.41, 5.74) is 6.41. The van der Waals surface area contributed by atoms with Crippen LogP contribution in [-0.2, 0) is 0 Å². The van der Waals surface area contributed by atoms with Gasteiger partial charge in [0, 0.05) is 13.2 Å². The smallest absolute Gasteiger partial charge is 0.333 e. The summed E-state index contributed by atoms with van der Waals surface area (Å²) in [5.74, 6) is -0.441. The van der Waals surface area contributed by atoms with Crippen LogP contribution in [0.5, 0.6) is 0 Å². The maximum Gasteiger partial charge on any atom is 0.333 e. The number of hydrazine groups is 1. The van der Waals surface area contributed by atoms with Crippen molar-refractivity contribution in [1.82, 2.24) is 25.9 Å². The van der Waals surface area contributed by atoms with Gasteiger partial charge in [0.25, 0.3) is 5.91 Å². The molecule has 0 unspecified atom stereocenters. The molecule has 0 aliphatic carbocycles. The van der Waals surface area contributed by atoms with E-state index >= 15 is 0 Å². The zero-order chi connectivity index (χ0) is 16.9. The van der Waals surface area contributed by atoms with Crippen LogP contribution in [0.3, 0.4) is 0 Å². The Balaban J connectivity index is 1.96. The van der Waals surface area contributed by atoms with E-state index in [1.165, 1.54) is 18.4 Å². The highest BCUT2D eigenvalue weighted by molar-refractivity contribution is 7.13. The Labute approximate surface area is 142 Å². The molecule has 0 spiro atoms. The Hall–Kier alpha value is -3.13. The van der Waals surface area contributed by atoms with Gasteiger partial charge in [-0.3, -0.25) is 10.2 Å². The molecule has 0 saturated heterocycles. The molecule has 3 rings (SSSR count). The lowest BCUT2D eigenvalue weighted by atomic mass is 10.2. The number of aromatic nitrogens is 2. The molecule has 0 fully saturated rings. The van der Waals surface area contributed by atoms with E-state index in [1.807, 2.05) is 47.8 Å². The van der Waals surface area contributed by atoms with Crippen LogP contribution in [0.1, 0.15) is 10.4 Å². The summed E-state index contributed by atoms with van der Waals surface area (Å²) in [4.78, 5) is 24.5. The number of nitrogens with zero attached hydrogens (tertiary/aromatic N) is 2. The summed E-state index contributed by atoms with van der Waals surface area (Å²) in [7, 11) is 1.46. The largest absolute Gasteiger partial charge is 0.340 e. The Kier molecular flexibility index (Phi) is 4.57. The minimum Gasteiger partial charge on any atom is -0.340 e. The Morgan fingerprint density at radius 1 is 1.08 bits per heavy atom. The van der Waals surface area contributed by atoms with E-state index in [1.54, 1.807) is 10.9 Å². The zero-order valence-corrected chi connectivity index (χ0v) is 13.6. The van der Waals surface area contributed by atoms with Gasteiger partial charge in [0.05, 0.1) is 16.1 Å². The molecule has 0 bridgehead atoms. The predicted octanol–water partition coefficient (Wildman–Crippen LogP) is 2.17. The molecule has 8 heteroatoms. The number of carbonyl (C=O) groups excluding carboxylic acids is 2. The maximum atomic E-state index is 12.4. The molecule has 122 valence electrons. The second kappa shape index (κ2) is 6.97. The van der Waals surface area contributed by atoms with Crippen LogP contribution in [0.15, 0.2) is 54.0 Å². The summed E-state index contributed by atoms with van der Waals surface area (Å²) in [6.07, 6.45) is 1.64. The SMILES string of the molecule is CNC(=O)NNC(=O)c1cn(-c2ccccc2)nc1-c1cccs1. The van der Waals surface area contributed by atoms with Crippen molar-refractivity contribution >= 4 is 23.3 Å². The first-order chi connectivity index (χ1) is 11.7. The number of para-hydroxylation sites is 1. The van der Waals surface area contributed by atoms with E-state index in [9.17, 15) is 9.59 Å². The van der Waals surface area contributed by atoms with Gasteiger partial charge in [-0.25, -0.2) is 14.9 Å². The molecule has 2 aromatic heterocycles. The van der Waals surface area contributed by atoms with Gasteiger partial charge in [0.15, 0.2) is 0 Å². The number of rotatable bonds is 3. The van der Waals surface area contributed by atoms with Crippen LogP contribution < -0.4 is 16.2 Å². The highest BCUT2D eigenvalue weighted by atomic mass is 32.1. The first-order valence-corrected chi connectivity index (χ1v) is 8.04. The van der Waals surface area contributed by atoms with E-state index in [2.05, 4.69) is 21.3 Å². The van der Waals surface area contributed by atoms with Crippen molar-refractivity contribution < 1.29 is 9.59 Å².